The van der Waals surface area contributed by atoms with Gasteiger partial charge in [-0.15, -0.1) is 0 Å². The number of halogens is 2. The zero-order valence-electron chi connectivity index (χ0n) is 17.4. The molecule has 0 saturated heterocycles. The molecule has 0 fully saturated rings. The van der Waals surface area contributed by atoms with Gasteiger partial charge in [0.2, 0.25) is 0 Å². The zero-order valence-corrected chi connectivity index (χ0v) is 18.9. The molecule has 1 atom stereocenters. The van der Waals surface area contributed by atoms with Gasteiger partial charge in [-0.05, 0) is 59.5 Å². The van der Waals surface area contributed by atoms with Crippen LogP contribution in [0.2, 0.25) is 10.0 Å². The molecule has 0 aliphatic carbocycles. The third-order valence-corrected chi connectivity index (χ3v) is 6.43. The molecule has 5 heteroatoms. The second kappa shape index (κ2) is 8.41. The number of hydrogen-bond acceptors (Lipinski definition) is 3. The summed E-state index contributed by atoms with van der Waals surface area (Å²) in [6.45, 7) is 3.88. The molecule has 30 heavy (non-hydrogen) atoms. The van der Waals surface area contributed by atoms with Crippen LogP contribution in [0.3, 0.4) is 0 Å². The molecule has 1 unspecified atom stereocenters. The van der Waals surface area contributed by atoms with Crippen molar-refractivity contribution in [3.8, 4) is 11.5 Å². The minimum absolute atomic E-state index is 0.102. The topological polar surface area (TPSA) is 21.7 Å². The van der Waals surface area contributed by atoms with E-state index in [9.17, 15) is 0 Å². The second-order valence-corrected chi connectivity index (χ2v) is 8.90. The number of ether oxygens (including phenoxy) is 2. The predicted molar refractivity (Wildman–Crippen MR) is 125 cm³/mol. The van der Waals surface area contributed by atoms with Gasteiger partial charge in [0.15, 0.2) is 0 Å². The van der Waals surface area contributed by atoms with E-state index in [2.05, 4.69) is 36.1 Å². The molecule has 3 aromatic rings. The van der Waals surface area contributed by atoms with Crippen LogP contribution >= 0.6 is 23.2 Å². The fourth-order valence-corrected chi connectivity index (χ4v) is 4.87. The molecule has 1 aliphatic rings. The normalized spacial score (nSPS) is 18.1. The summed E-state index contributed by atoms with van der Waals surface area (Å²) in [7, 11) is 3.38. The van der Waals surface area contributed by atoms with E-state index < -0.39 is 0 Å². The highest BCUT2D eigenvalue weighted by atomic mass is 35.5. The summed E-state index contributed by atoms with van der Waals surface area (Å²) in [5.74, 6) is 1.71. The molecule has 0 bridgehead atoms. The number of anilines is 1. The first kappa shape index (κ1) is 20.9. The van der Waals surface area contributed by atoms with Crippen LogP contribution in [0.1, 0.15) is 23.6 Å². The van der Waals surface area contributed by atoms with Gasteiger partial charge in [-0.2, -0.15) is 0 Å². The van der Waals surface area contributed by atoms with Crippen molar-refractivity contribution in [3.63, 3.8) is 0 Å². The summed E-state index contributed by atoms with van der Waals surface area (Å²) in [4.78, 5) is 2.37. The molecule has 1 aliphatic heterocycles. The fourth-order valence-electron chi connectivity index (χ4n) is 4.32. The lowest BCUT2D eigenvalue weighted by Gasteiger charge is -2.43. The molecular formula is C25H25Cl2NO2. The van der Waals surface area contributed by atoms with Gasteiger partial charge in [0, 0.05) is 34.2 Å². The van der Waals surface area contributed by atoms with Gasteiger partial charge < -0.3 is 14.4 Å². The second-order valence-electron chi connectivity index (χ2n) is 8.06. The molecule has 3 nitrogen and oxygen atoms in total. The minimum Gasteiger partial charge on any atom is -0.497 e. The quantitative estimate of drug-likeness (QED) is 0.448. The zero-order chi connectivity index (χ0) is 21.3. The van der Waals surface area contributed by atoms with Crippen molar-refractivity contribution >= 4 is 28.9 Å². The van der Waals surface area contributed by atoms with Crippen LogP contribution in [0.25, 0.3) is 0 Å². The lowest BCUT2D eigenvalue weighted by atomic mass is 9.74. The van der Waals surface area contributed by atoms with Gasteiger partial charge in [-0.3, -0.25) is 0 Å². The Labute approximate surface area is 188 Å². The first-order chi connectivity index (χ1) is 14.4. The van der Waals surface area contributed by atoms with Crippen LogP contribution in [0.5, 0.6) is 11.5 Å². The Hall–Kier alpha value is -2.36. The maximum absolute atomic E-state index is 6.67. The van der Waals surface area contributed by atoms with Gasteiger partial charge in [0.1, 0.15) is 11.5 Å². The van der Waals surface area contributed by atoms with E-state index in [-0.39, 0.29) is 5.41 Å². The van der Waals surface area contributed by atoms with Crippen molar-refractivity contribution in [2.45, 2.75) is 25.3 Å². The molecule has 1 heterocycles. The van der Waals surface area contributed by atoms with Crippen molar-refractivity contribution < 1.29 is 9.47 Å². The van der Waals surface area contributed by atoms with Crippen LogP contribution in [-0.2, 0) is 18.4 Å². The summed E-state index contributed by atoms with van der Waals surface area (Å²) in [5, 5.41) is 1.37. The average molecular weight is 442 g/mol. The standard InChI is InChI=1S/C25H25Cl2NO2/c1-25(18-7-9-20(29-2)10-8-18)14-22-23(27)12-19(26)13-24(22)28(16-25)15-17-5-4-6-21(11-17)30-3/h4-13H,14-16H2,1-3H3. The Morgan fingerprint density at radius 1 is 0.933 bits per heavy atom. The van der Waals surface area contributed by atoms with Crippen molar-refractivity contribution in [1.82, 2.24) is 0 Å². The smallest absolute Gasteiger partial charge is 0.119 e. The van der Waals surface area contributed by atoms with Crippen LogP contribution in [0.15, 0.2) is 60.7 Å². The molecule has 4 rings (SSSR count). The number of methoxy groups -OCH3 is 2. The largest absolute Gasteiger partial charge is 0.497 e. The van der Waals surface area contributed by atoms with Crippen molar-refractivity contribution in [3.05, 3.63) is 87.4 Å². The number of benzene rings is 3. The Kier molecular flexibility index (Phi) is 5.86. The van der Waals surface area contributed by atoms with E-state index in [1.165, 1.54) is 11.1 Å². The number of nitrogens with zero attached hydrogens (tertiary/aromatic N) is 1. The minimum atomic E-state index is -0.102. The first-order valence-electron chi connectivity index (χ1n) is 9.92. The van der Waals surface area contributed by atoms with E-state index in [4.69, 9.17) is 32.7 Å². The van der Waals surface area contributed by atoms with Gasteiger partial charge in [-0.1, -0.05) is 54.4 Å². The maximum Gasteiger partial charge on any atom is 0.119 e. The van der Waals surface area contributed by atoms with Crippen LogP contribution in [-0.4, -0.2) is 20.8 Å². The molecule has 0 aromatic heterocycles. The third-order valence-electron chi connectivity index (χ3n) is 5.88. The summed E-state index contributed by atoms with van der Waals surface area (Å²) < 4.78 is 10.8. The van der Waals surface area contributed by atoms with Gasteiger partial charge in [-0.25, -0.2) is 0 Å². The SMILES string of the molecule is COc1ccc(C2(C)Cc3c(Cl)cc(Cl)cc3N(Cc3cccc(OC)c3)C2)cc1. The Bertz CT molecular complexity index is 1050. The summed E-state index contributed by atoms with van der Waals surface area (Å²) in [6.07, 6.45) is 0.847. The van der Waals surface area contributed by atoms with E-state index >= 15 is 0 Å². The van der Waals surface area contributed by atoms with Crippen LogP contribution < -0.4 is 14.4 Å². The summed E-state index contributed by atoms with van der Waals surface area (Å²) >= 11 is 13.0. The molecular weight excluding hydrogens is 417 g/mol. The Morgan fingerprint density at radius 3 is 2.37 bits per heavy atom. The van der Waals surface area contributed by atoms with E-state index in [0.29, 0.717) is 10.0 Å². The molecule has 3 aromatic carbocycles. The van der Waals surface area contributed by atoms with E-state index in [0.717, 1.165) is 42.3 Å². The molecule has 0 radical (unpaired) electrons. The van der Waals surface area contributed by atoms with Crippen LogP contribution in [0.4, 0.5) is 5.69 Å². The summed E-state index contributed by atoms with van der Waals surface area (Å²) in [6, 6.07) is 20.4. The van der Waals surface area contributed by atoms with Gasteiger partial charge in [0.25, 0.3) is 0 Å². The molecule has 0 N–H and O–H groups in total. The third kappa shape index (κ3) is 4.10. The average Bonchev–Trinajstić information content (AvgIpc) is 2.75. The highest BCUT2D eigenvalue weighted by Gasteiger charge is 2.37. The maximum atomic E-state index is 6.67. The first-order valence-corrected chi connectivity index (χ1v) is 10.7. The van der Waals surface area contributed by atoms with Crippen molar-refractivity contribution in [2.75, 3.05) is 25.7 Å². The number of hydrogen-bond donors (Lipinski definition) is 0. The molecule has 0 saturated carbocycles. The van der Waals surface area contributed by atoms with E-state index in [1.54, 1.807) is 14.2 Å². The van der Waals surface area contributed by atoms with Crippen molar-refractivity contribution in [1.29, 1.82) is 0 Å². The highest BCUT2D eigenvalue weighted by Crippen LogP contribution is 2.44. The lowest BCUT2D eigenvalue weighted by Crippen LogP contribution is -2.44. The number of fused-ring (bicyclic) bond motifs is 1. The fraction of sp³-hybridized carbons (Fsp3) is 0.280. The van der Waals surface area contributed by atoms with Gasteiger partial charge >= 0.3 is 0 Å². The lowest BCUT2D eigenvalue weighted by molar-refractivity contribution is 0.411. The number of rotatable bonds is 5. The Morgan fingerprint density at radius 2 is 1.67 bits per heavy atom. The molecule has 0 spiro atoms. The summed E-state index contributed by atoms with van der Waals surface area (Å²) in [5.41, 5.74) is 4.57. The van der Waals surface area contributed by atoms with Gasteiger partial charge in [0.05, 0.1) is 14.2 Å². The monoisotopic (exact) mass is 441 g/mol. The Balaban J connectivity index is 1.75. The molecule has 0 amide bonds. The van der Waals surface area contributed by atoms with Crippen molar-refractivity contribution in [2.24, 2.45) is 0 Å². The van der Waals surface area contributed by atoms with E-state index in [1.807, 2.05) is 36.4 Å². The molecule has 156 valence electrons. The van der Waals surface area contributed by atoms with Crippen LogP contribution in [0, 0.1) is 0 Å². The predicted octanol–water partition coefficient (Wildman–Crippen LogP) is 6.53. The highest BCUT2D eigenvalue weighted by molar-refractivity contribution is 6.35.